The molecule has 1 fully saturated rings. The highest BCUT2D eigenvalue weighted by atomic mass is 16.5. The van der Waals surface area contributed by atoms with Gasteiger partial charge in [-0.15, -0.1) is 0 Å². The Morgan fingerprint density at radius 3 is 2.67 bits per heavy atom. The first kappa shape index (κ1) is 15.8. The van der Waals surface area contributed by atoms with E-state index in [2.05, 4.69) is 26.8 Å². The number of ether oxygens (including phenoxy) is 2. The first-order valence-electron chi connectivity index (χ1n) is 7.55. The summed E-state index contributed by atoms with van der Waals surface area (Å²) in [6.45, 7) is 6.14. The molecule has 0 amide bonds. The molecule has 1 aliphatic carbocycles. The van der Waals surface area contributed by atoms with Gasteiger partial charge in [0, 0.05) is 19.7 Å². The maximum Gasteiger partial charge on any atom is 0.323 e. The zero-order valence-electron chi connectivity index (χ0n) is 13.1. The number of anilines is 2. The molecule has 118 valence electrons. The van der Waals surface area contributed by atoms with Crippen LogP contribution < -0.4 is 15.4 Å². The highest BCUT2D eigenvalue weighted by molar-refractivity contribution is 5.37. The van der Waals surface area contributed by atoms with Crippen molar-refractivity contribution in [2.24, 2.45) is 5.92 Å². The fourth-order valence-electron chi connectivity index (χ4n) is 2.26. The van der Waals surface area contributed by atoms with Crippen LogP contribution in [-0.2, 0) is 4.74 Å². The Morgan fingerprint density at radius 1 is 1.29 bits per heavy atom. The molecule has 1 aromatic rings. The molecule has 1 unspecified atom stereocenters. The highest BCUT2D eigenvalue weighted by Gasteiger charge is 2.33. The first-order chi connectivity index (χ1) is 10.2. The van der Waals surface area contributed by atoms with Gasteiger partial charge >= 0.3 is 6.01 Å². The Labute approximate surface area is 125 Å². The average Bonchev–Trinajstić information content (AvgIpc) is 3.29. The van der Waals surface area contributed by atoms with Crippen molar-refractivity contribution in [3.05, 3.63) is 0 Å². The van der Waals surface area contributed by atoms with Crippen molar-refractivity contribution in [2.75, 3.05) is 37.5 Å². The maximum absolute atomic E-state index is 5.79. The van der Waals surface area contributed by atoms with Crippen molar-refractivity contribution >= 4 is 11.9 Å². The summed E-state index contributed by atoms with van der Waals surface area (Å²) < 4.78 is 10.7. The zero-order valence-corrected chi connectivity index (χ0v) is 13.1. The van der Waals surface area contributed by atoms with E-state index in [1.54, 1.807) is 7.11 Å². The summed E-state index contributed by atoms with van der Waals surface area (Å²) in [5.74, 6) is 1.46. The van der Waals surface area contributed by atoms with Gasteiger partial charge in [0.25, 0.3) is 0 Å². The average molecular weight is 295 g/mol. The van der Waals surface area contributed by atoms with Crippen molar-refractivity contribution in [3.8, 4) is 6.01 Å². The van der Waals surface area contributed by atoms with E-state index in [1.807, 2.05) is 6.92 Å². The van der Waals surface area contributed by atoms with Gasteiger partial charge in [-0.05, 0) is 32.1 Å². The van der Waals surface area contributed by atoms with E-state index in [0.717, 1.165) is 13.0 Å². The molecule has 0 aromatic carbocycles. The van der Waals surface area contributed by atoms with Gasteiger partial charge in [-0.1, -0.05) is 6.92 Å². The second-order valence-electron chi connectivity index (χ2n) is 5.39. The van der Waals surface area contributed by atoms with Crippen LogP contribution in [0.3, 0.4) is 0 Å². The van der Waals surface area contributed by atoms with Crippen molar-refractivity contribution in [2.45, 2.75) is 39.2 Å². The van der Waals surface area contributed by atoms with Gasteiger partial charge in [-0.3, -0.25) is 0 Å². The molecular weight excluding hydrogens is 270 g/mol. The van der Waals surface area contributed by atoms with Crippen LogP contribution >= 0.6 is 0 Å². The van der Waals surface area contributed by atoms with Gasteiger partial charge in [0.05, 0.1) is 13.2 Å². The molecule has 0 spiro atoms. The number of hydrogen-bond acceptors (Lipinski definition) is 7. The molecular formula is C14H25N5O2. The molecule has 0 saturated heterocycles. The third-order valence-corrected chi connectivity index (χ3v) is 3.64. The summed E-state index contributed by atoms with van der Waals surface area (Å²) in [6.07, 6.45) is 3.40. The van der Waals surface area contributed by atoms with Crippen LogP contribution in [0, 0.1) is 5.92 Å². The van der Waals surface area contributed by atoms with Gasteiger partial charge in [-0.25, -0.2) is 0 Å². The lowest BCUT2D eigenvalue weighted by atomic mass is 10.2. The summed E-state index contributed by atoms with van der Waals surface area (Å²) in [6, 6.07) is 0.658. The molecule has 1 aliphatic rings. The van der Waals surface area contributed by atoms with Crippen molar-refractivity contribution < 1.29 is 9.47 Å². The number of rotatable bonds is 9. The predicted molar refractivity (Wildman–Crippen MR) is 81.4 cm³/mol. The Morgan fingerprint density at radius 2 is 2.05 bits per heavy atom. The van der Waals surface area contributed by atoms with E-state index in [1.165, 1.54) is 12.8 Å². The van der Waals surface area contributed by atoms with E-state index < -0.39 is 0 Å². The molecule has 2 N–H and O–H groups in total. The fraction of sp³-hybridized carbons (Fsp3) is 0.786. The topological polar surface area (TPSA) is 86.4 Å². The minimum Gasteiger partial charge on any atom is -0.463 e. The van der Waals surface area contributed by atoms with Crippen LogP contribution in [0.1, 0.15) is 33.1 Å². The molecule has 0 radical (unpaired) electrons. The highest BCUT2D eigenvalue weighted by Crippen LogP contribution is 2.36. The van der Waals surface area contributed by atoms with Crippen LogP contribution in [0.2, 0.25) is 0 Å². The largest absolute Gasteiger partial charge is 0.463 e. The molecule has 2 rings (SSSR count). The Hall–Kier alpha value is -1.63. The zero-order chi connectivity index (χ0) is 15.2. The van der Waals surface area contributed by atoms with E-state index in [-0.39, 0.29) is 5.95 Å². The van der Waals surface area contributed by atoms with Crippen molar-refractivity contribution in [1.82, 2.24) is 15.0 Å². The Bertz CT molecular complexity index is 453. The van der Waals surface area contributed by atoms with Gasteiger partial charge in [0.1, 0.15) is 0 Å². The molecule has 1 atom stereocenters. The SMILES string of the molecule is CCCOc1nc(N)nc(N(CCOC)C(C)C2CC2)n1. The molecule has 0 aliphatic heterocycles. The third kappa shape index (κ3) is 4.42. The maximum atomic E-state index is 5.79. The quantitative estimate of drug-likeness (QED) is 0.738. The fourth-order valence-corrected chi connectivity index (χ4v) is 2.26. The number of aromatic nitrogens is 3. The van der Waals surface area contributed by atoms with E-state index in [4.69, 9.17) is 15.2 Å². The molecule has 1 heterocycles. The van der Waals surface area contributed by atoms with E-state index in [9.17, 15) is 0 Å². The van der Waals surface area contributed by atoms with Gasteiger partial charge in [-0.2, -0.15) is 15.0 Å². The Balaban J connectivity index is 2.18. The molecule has 0 bridgehead atoms. The van der Waals surface area contributed by atoms with Gasteiger partial charge in [0.2, 0.25) is 11.9 Å². The Kier molecular flexibility index (Phi) is 5.55. The third-order valence-electron chi connectivity index (χ3n) is 3.64. The van der Waals surface area contributed by atoms with Gasteiger partial charge in [0.15, 0.2) is 0 Å². The van der Waals surface area contributed by atoms with Crippen LogP contribution in [0.5, 0.6) is 6.01 Å². The molecule has 1 saturated carbocycles. The summed E-state index contributed by atoms with van der Waals surface area (Å²) >= 11 is 0. The van der Waals surface area contributed by atoms with Crippen LogP contribution in [0.25, 0.3) is 0 Å². The predicted octanol–water partition coefficient (Wildman–Crippen LogP) is 1.49. The van der Waals surface area contributed by atoms with E-state index >= 15 is 0 Å². The first-order valence-corrected chi connectivity index (χ1v) is 7.55. The number of nitrogens with two attached hydrogens (primary N) is 1. The number of nitrogen functional groups attached to an aromatic ring is 1. The summed E-state index contributed by atoms with van der Waals surface area (Å²) in [5.41, 5.74) is 5.79. The normalized spacial score (nSPS) is 15.8. The molecule has 7 heteroatoms. The number of methoxy groups -OCH3 is 1. The van der Waals surface area contributed by atoms with Crippen LogP contribution in [-0.4, -0.2) is 47.9 Å². The molecule has 7 nitrogen and oxygen atoms in total. The summed E-state index contributed by atoms with van der Waals surface area (Å²) in [7, 11) is 1.69. The number of hydrogen-bond donors (Lipinski definition) is 1. The lowest BCUT2D eigenvalue weighted by Gasteiger charge is -2.29. The van der Waals surface area contributed by atoms with E-state index in [0.29, 0.717) is 37.1 Å². The van der Waals surface area contributed by atoms with Crippen LogP contribution in [0.15, 0.2) is 0 Å². The second-order valence-corrected chi connectivity index (χ2v) is 5.39. The van der Waals surface area contributed by atoms with Crippen molar-refractivity contribution in [1.29, 1.82) is 0 Å². The summed E-state index contributed by atoms with van der Waals surface area (Å²) in [4.78, 5) is 14.8. The number of nitrogens with zero attached hydrogens (tertiary/aromatic N) is 4. The minimum atomic E-state index is 0.191. The minimum absolute atomic E-state index is 0.191. The van der Waals surface area contributed by atoms with Crippen LogP contribution in [0.4, 0.5) is 11.9 Å². The smallest absolute Gasteiger partial charge is 0.323 e. The second kappa shape index (κ2) is 7.40. The van der Waals surface area contributed by atoms with Gasteiger partial charge < -0.3 is 20.1 Å². The molecule has 21 heavy (non-hydrogen) atoms. The monoisotopic (exact) mass is 295 g/mol. The standard InChI is InChI=1S/C14H25N5O2/c1-4-8-21-14-17-12(15)16-13(18-14)19(7-9-20-3)10(2)11-5-6-11/h10-11H,4-9H2,1-3H3,(H2,15,16,17,18). The molecule has 1 aromatic heterocycles. The lowest BCUT2D eigenvalue weighted by molar-refractivity contribution is 0.202. The van der Waals surface area contributed by atoms with Crippen molar-refractivity contribution in [3.63, 3.8) is 0 Å². The summed E-state index contributed by atoms with van der Waals surface area (Å²) in [5, 5.41) is 0. The lowest BCUT2D eigenvalue weighted by Crippen LogP contribution is -2.38.